The van der Waals surface area contributed by atoms with E-state index in [1.165, 1.54) is 0 Å². The van der Waals surface area contributed by atoms with Crippen molar-refractivity contribution in [1.29, 1.82) is 0 Å². The second kappa shape index (κ2) is 5.01. The molecule has 0 aromatic carbocycles. The molecule has 3 heteroatoms. The fourth-order valence-electron chi connectivity index (χ4n) is 0.820. The van der Waals surface area contributed by atoms with Gasteiger partial charge in [0.05, 0.1) is 0 Å². The molecule has 0 aliphatic heterocycles. The van der Waals surface area contributed by atoms with E-state index in [0.29, 0.717) is 5.92 Å². The molecule has 0 radical (unpaired) electrons. The third-order valence-corrected chi connectivity index (χ3v) is 2.25. The van der Waals surface area contributed by atoms with Crippen LogP contribution in [-0.2, 0) is 0 Å². The minimum absolute atomic E-state index is 0.0113. The Balaban J connectivity index is 3.83. The summed E-state index contributed by atoms with van der Waals surface area (Å²) in [7, 11) is 3.50. The maximum atomic E-state index is 11.2. The van der Waals surface area contributed by atoms with Gasteiger partial charge < -0.3 is 10.2 Å². The van der Waals surface area contributed by atoms with Crippen LogP contribution < -0.4 is 5.32 Å². The van der Waals surface area contributed by atoms with E-state index in [9.17, 15) is 4.79 Å². The number of hydrogen-bond acceptors (Lipinski definition) is 1. The maximum absolute atomic E-state index is 11.2. The molecule has 2 unspecified atom stereocenters. The zero-order chi connectivity index (χ0) is 9.72. The van der Waals surface area contributed by atoms with E-state index in [2.05, 4.69) is 19.2 Å². The average Bonchev–Trinajstić information content (AvgIpc) is 2.02. The van der Waals surface area contributed by atoms with Gasteiger partial charge in [-0.15, -0.1) is 0 Å². The van der Waals surface area contributed by atoms with Gasteiger partial charge in [0.15, 0.2) is 0 Å². The number of carbonyl (C=O) groups excluding carboxylic acids is 1. The number of hydrogen-bond donors (Lipinski definition) is 1. The van der Waals surface area contributed by atoms with Gasteiger partial charge in [0.1, 0.15) is 0 Å². The summed E-state index contributed by atoms with van der Waals surface area (Å²) in [5.41, 5.74) is 0. The van der Waals surface area contributed by atoms with Crippen LogP contribution in [0.15, 0.2) is 0 Å². The van der Waals surface area contributed by atoms with Crippen LogP contribution in [0.5, 0.6) is 0 Å². The van der Waals surface area contributed by atoms with Crippen LogP contribution in [0.3, 0.4) is 0 Å². The minimum Gasteiger partial charge on any atom is -0.335 e. The summed E-state index contributed by atoms with van der Waals surface area (Å²) < 4.78 is 0. The third-order valence-electron chi connectivity index (χ3n) is 2.25. The van der Waals surface area contributed by atoms with Gasteiger partial charge >= 0.3 is 6.03 Å². The fourth-order valence-corrected chi connectivity index (χ4v) is 0.820. The number of rotatable bonds is 3. The summed E-state index contributed by atoms with van der Waals surface area (Å²) in [6.07, 6.45) is 1.09. The lowest BCUT2D eigenvalue weighted by Gasteiger charge is -2.22. The first-order valence-electron chi connectivity index (χ1n) is 4.46. The van der Waals surface area contributed by atoms with Crippen LogP contribution >= 0.6 is 0 Å². The number of nitrogens with one attached hydrogen (secondary N) is 1. The number of carbonyl (C=O) groups is 1. The quantitative estimate of drug-likeness (QED) is 0.690. The zero-order valence-electron chi connectivity index (χ0n) is 8.72. The number of amides is 2. The second-order valence-corrected chi connectivity index (χ2v) is 3.52. The van der Waals surface area contributed by atoms with Gasteiger partial charge in [0.25, 0.3) is 0 Å². The summed E-state index contributed by atoms with van der Waals surface area (Å²) in [6, 6.07) is 0.243. The van der Waals surface area contributed by atoms with Gasteiger partial charge in [-0.2, -0.15) is 0 Å². The Kier molecular flexibility index (Phi) is 4.71. The summed E-state index contributed by atoms with van der Waals surface area (Å²) in [4.78, 5) is 12.7. The van der Waals surface area contributed by atoms with Crippen molar-refractivity contribution in [3.63, 3.8) is 0 Å². The molecule has 2 atom stereocenters. The summed E-state index contributed by atoms with van der Waals surface area (Å²) >= 11 is 0. The van der Waals surface area contributed by atoms with Gasteiger partial charge in [0.2, 0.25) is 0 Å². The van der Waals surface area contributed by atoms with Crippen molar-refractivity contribution in [3.8, 4) is 0 Å². The zero-order valence-corrected chi connectivity index (χ0v) is 8.72. The first-order valence-corrected chi connectivity index (χ1v) is 4.46. The van der Waals surface area contributed by atoms with E-state index in [0.717, 1.165) is 6.42 Å². The molecule has 0 bridgehead atoms. The highest BCUT2D eigenvalue weighted by molar-refractivity contribution is 5.73. The van der Waals surface area contributed by atoms with Crippen LogP contribution in [-0.4, -0.2) is 31.1 Å². The molecule has 0 saturated heterocycles. The summed E-state index contributed by atoms with van der Waals surface area (Å²) in [5.74, 6) is 0.536. The minimum atomic E-state index is -0.0113. The predicted octanol–water partition coefficient (Wildman–Crippen LogP) is 1.69. The molecule has 0 aromatic rings. The molecule has 72 valence electrons. The van der Waals surface area contributed by atoms with E-state index in [-0.39, 0.29) is 12.1 Å². The molecule has 12 heavy (non-hydrogen) atoms. The maximum Gasteiger partial charge on any atom is 0.317 e. The van der Waals surface area contributed by atoms with Gasteiger partial charge in [0, 0.05) is 20.1 Å². The molecule has 0 spiro atoms. The van der Waals surface area contributed by atoms with Crippen LogP contribution in [0, 0.1) is 5.92 Å². The van der Waals surface area contributed by atoms with Crippen LogP contribution in [0.4, 0.5) is 4.79 Å². The Morgan fingerprint density at radius 2 is 1.92 bits per heavy atom. The SMILES string of the molecule is CCC(C)C(C)NC(=O)N(C)C. The molecule has 0 fully saturated rings. The van der Waals surface area contributed by atoms with E-state index in [1.54, 1.807) is 19.0 Å². The van der Waals surface area contributed by atoms with Crippen LogP contribution in [0.25, 0.3) is 0 Å². The van der Waals surface area contributed by atoms with Crippen molar-refractivity contribution < 1.29 is 4.79 Å². The first-order chi connectivity index (χ1) is 5.49. The lowest BCUT2D eigenvalue weighted by Crippen LogP contribution is -2.42. The van der Waals surface area contributed by atoms with E-state index in [4.69, 9.17) is 0 Å². The lowest BCUT2D eigenvalue weighted by molar-refractivity contribution is 0.209. The Labute approximate surface area is 75.1 Å². The standard InChI is InChI=1S/C9H20N2O/c1-6-7(2)8(3)10-9(12)11(4)5/h7-8H,6H2,1-5H3,(H,10,12). The van der Waals surface area contributed by atoms with E-state index < -0.39 is 0 Å². The van der Waals surface area contributed by atoms with Crippen LogP contribution in [0.1, 0.15) is 27.2 Å². The molecule has 0 heterocycles. The monoisotopic (exact) mass is 172 g/mol. The van der Waals surface area contributed by atoms with Crippen LogP contribution in [0.2, 0.25) is 0 Å². The molecule has 0 rings (SSSR count). The summed E-state index contributed by atoms with van der Waals surface area (Å²) in [5, 5.41) is 2.92. The molecule has 1 N–H and O–H groups in total. The predicted molar refractivity (Wildman–Crippen MR) is 51.1 cm³/mol. The van der Waals surface area contributed by atoms with Crippen molar-refractivity contribution in [1.82, 2.24) is 10.2 Å². The molecular formula is C9H20N2O. The van der Waals surface area contributed by atoms with Crippen molar-refractivity contribution in [2.75, 3.05) is 14.1 Å². The molecule has 3 nitrogen and oxygen atoms in total. The molecule has 0 saturated carbocycles. The van der Waals surface area contributed by atoms with Gasteiger partial charge in [-0.1, -0.05) is 20.3 Å². The molecule has 0 aromatic heterocycles. The smallest absolute Gasteiger partial charge is 0.317 e. The Morgan fingerprint density at radius 3 is 2.25 bits per heavy atom. The molecule has 0 aliphatic rings. The molecular weight excluding hydrogens is 152 g/mol. The van der Waals surface area contributed by atoms with Gasteiger partial charge in [-0.25, -0.2) is 4.79 Å². The lowest BCUT2D eigenvalue weighted by atomic mass is 10.0. The largest absolute Gasteiger partial charge is 0.335 e. The normalized spacial score (nSPS) is 15.1. The van der Waals surface area contributed by atoms with E-state index in [1.807, 2.05) is 6.92 Å². The number of urea groups is 1. The highest BCUT2D eigenvalue weighted by Gasteiger charge is 2.13. The third kappa shape index (κ3) is 3.60. The van der Waals surface area contributed by atoms with Crippen molar-refractivity contribution in [2.24, 2.45) is 5.92 Å². The molecule has 2 amide bonds. The first kappa shape index (κ1) is 11.3. The number of nitrogens with zero attached hydrogens (tertiary/aromatic N) is 1. The molecule has 0 aliphatic carbocycles. The Morgan fingerprint density at radius 1 is 1.42 bits per heavy atom. The Hall–Kier alpha value is -0.730. The van der Waals surface area contributed by atoms with Crippen molar-refractivity contribution in [2.45, 2.75) is 33.2 Å². The van der Waals surface area contributed by atoms with E-state index >= 15 is 0 Å². The fraction of sp³-hybridized carbons (Fsp3) is 0.889. The summed E-state index contributed by atoms with van der Waals surface area (Å²) in [6.45, 7) is 6.30. The van der Waals surface area contributed by atoms with Crippen molar-refractivity contribution >= 4 is 6.03 Å². The van der Waals surface area contributed by atoms with Gasteiger partial charge in [-0.3, -0.25) is 0 Å². The topological polar surface area (TPSA) is 32.3 Å². The highest BCUT2D eigenvalue weighted by atomic mass is 16.2. The van der Waals surface area contributed by atoms with Crippen molar-refractivity contribution in [3.05, 3.63) is 0 Å². The van der Waals surface area contributed by atoms with Gasteiger partial charge in [-0.05, 0) is 12.8 Å². The average molecular weight is 172 g/mol. The highest BCUT2D eigenvalue weighted by Crippen LogP contribution is 2.06. The Bertz CT molecular complexity index is 145. The second-order valence-electron chi connectivity index (χ2n) is 3.52.